The van der Waals surface area contributed by atoms with E-state index in [9.17, 15) is 4.39 Å². The first-order valence-electron chi connectivity index (χ1n) is 8.23. The van der Waals surface area contributed by atoms with Crippen molar-refractivity contribution >= 4 is 5.95 Å². The van der Waals surface area contributed by atoms with Crippen molar-refractivity contribution in [1.82, 2.24) is 9.97 Å². The van der Waals surface area contributed by atoms with E-state index in [2.05, 4.69) is 23.8 Å². The van der Waals surface area contributed by atoms with Crippen LogP contribution in [0.4, 0.5) is 10.3 Å². The summed E-state index contributed by atoms with van der Waals surface area (Å²) in [6.07, 6.45) is 5.71. The minimum absolute atomic E-state index is 0.0534. The fourth-order valence-corrected chi connectivity index (χ4v) is 2.33. The minimum atomic E-state index is -0.0534. The molecule has 4 nitrogen and oxygen atoms in total. The highest BCUT2D eigenvalue weighted by molar-refractivity contribution is 5.49. The zero-order chi connectivity index (χ0) is 17.2. The van der Waals surface area contributed by atoms with Gasteiger partial charge in [-0.3, -0.25) is 0 Å². The van der Waals surface area contributed by atoms with Crippen LogP contribution in [0.1, 0.15) is 52.7 Å². The zero-order valence-corrected chi connectivity index (χ0v) is 14.4. The lowest BCUT2D eigenvalue weighted by molar-refractivity contribution is 0.580. The third-order valence-electron chi connectivity index (χ3n) is 3.23. The van der Waals surface area contributed by atoms with E-state index < -0.39 is 0 Å². The third-order valence-corrected chi connectivity index (χ3v) is 3.23. The zero-order valence-electron chi connectivity index (χ0n) is 14.4. The van der Waals surface area contributed by atoms with Gasteiger partial charge >= 0.3 is 0 Å². The molecule has 0 amide bonds. The van der Waals surface area contributed by atoms with E-state index in [0.717, 1.165) is 18.5 Å². The van der Waals surface area contributed by atoms with Gasteiger partial charge in [-0.05, 0) is 29.7 Å². The van der Waals surface area contributed by atoms with Crippen molar-refractivity contribution in [3.8, 4) is 6.07 Å². The van der Waals surface area contributed by atoms with E-state index >= 15 is 0 Å². The second kappa shape index (κ2) is 9.73. The summed E-state index contributed by atoms with van der Waals surface area (Å²) in [5, 5.41) is 8.82. The van der Waals surface area contributed by atoms with Crippen molar-refractivity contribution in [2.75, 3.05) is 18.0 Å². The predicted molar refractivity (Wildman–Crippen MR) is 91.7 cm³/mol. The van der Waals surface area contributed by atoms with Crippen LogP contribution in [0.5, 0.6) is 0 Å². The SMILES string of the molecule is CC.CCC.N#Cc1ccnc(N2CC3=C(CCC(F)=C3)C2)n1. The Kier molecular flexibility index (Phi) is 7.96. The number of anilines is 1. The standard InChI is InChI=1S/C13H11FN4.C3H8.C2H6/c14-11-2-1-9-7-18(8-10(9)5-11)13-16-4-3-12(6-15)17-13;1-3-2;1-2/h3-5H,1-2,7-8H2;3H2,1-2H3;1-2H3. The average Bonchev–Trinajstić information content (AvgIpc) is 3.00. The summed E-state index contributed by atoms with van der Waals surface area (Å²) in [4.78, 5) is 10.3. The Hall–Kier alpha value is -2.22. The lowest BCUT2D eigenvalue weighted by atomic mass is 10.00. The Morgan fingerprint density at radius 1 is 1.26 bits per heavy atom. The van der Waals surface area contributed by atoms with Crippen LogP contribution in [0.2, 0.25) is 0 Å². The molecule has 0 saturated carbocycles. The first-order valence-corrected chi connectivity index (χ1v) is 8.23. The van der Waals surface area contributed by atoms with Crippen molar-refractivity contribution in [2.24, 2.45) is 0 Å². The van der Waals surface area contributed by atoms with Crippen molar-refractivity contribution in [3.05, 3.63) is 41.0 Å². The first kappa shape index (κ1) is 18.8. The molecule has 0 bridgehead atoms. The topological polar surface area (TPSA) is 52.8 Å². The lowest BCUT2D eigenvalue weighted by Gasteiger charge is -2.15. The number of hydrogen-bond donors (Lipinski definition) is 0. The first-order chi connectivity index (χ1) is 11.2. The van der Waals surface area contributed by atoms with Gasteiger partial charge in [0.2, 0.25) is 5.95 Å². The molecule has 0 atom stereocenters. The molecule has 1 aromatic heterocycles. The Bertz CT molecular complexity index is 614. The fraction of sp³-hybridized carbons (Fsp3) is 0.500. The van der Waals surface area contributed by atoms with E-state index in [4.69, 9.17) is 5.26 Å². The van der Waals surface area contributed by atoms with Gasteiger partial charge < -0.3 is 4.90 Å². The highest BCUT2D eigenvalue weighted by Gasteiger charge is 2.25. The van der Waals surface area contributed by atoms with Gasteiger partial charge in [0, 0.05) is 25.7 Å². The van der Waals surface area contributed by atoms with Crippen LogP contribution in [0.25, 0.3) is 0 Å². The minimum Gasteiger partial charge on any atom is -0.332 e. The van der Waals surface area contributed by atoms with Crippen LogP contribution in [0, 0.1) is 11.3 Å². The highest BCUT2D eigenvalue weighted by Crippen LogP contribution is 2.31. The van der Waals surface area contributed by atoms with Gasteiger partial charge in [0.15, 0.2) is 0 Å². The molecule has 1 aliphatic heterocycles. The molecule has 5 heteroatoms. The van der Waals surface area contributed by atoms with Crippen LogP contribution in [0.3, 0.4) is 0 Å². The van der Waals surface area contributed by atoms with E-state index in [1.165, 1.54) is 12.0 Å². The molecule has 0 unspecified atom stereocenters. The Balaban J connectivity index is 0.000000477. The van der Waals surface area contributed by atoms with Crippen molar-refractivity contribution in [2.45, 2.75) is 47.0 Å². The molecule has 2 heterocycles. The molecular formula is C18H25FN4. The van der Waals surface area contributed by atoms with Gasteiger partial charge in [0.25, 0.3) is 0 Å². The molecule has 3 rings (SSSR count). The molecule has 124 valence electrons. The van der Waals surface area contributed by atoms with E-state index in [1.54, 1.807) is 18.3 Å². The normalized spacial score (nSPS) is 15.5. The van der Waals surface area contributed by atoms with Crippen molar-refractivity contribution in [3.63, 3.8) is 0 Å². The summed E-state index contributed by atoms with van der Waals surface area (Å²) < 4.78 is 13.2. The molecule has 0 aromatic carbocycles. The average molecular weight is 316 g/mol. The van der Waals surface area contributed by atoms with Crippen molar-refractivity contribution < 1.29 is 4.39 Å². The lowest BCUT2D eigenvalue weighted by Crippen LogP contribution is -2.23. The summed E-state index contributed by atoms with van der Waals surface area (Å²) in [5.74, 6) is 0.486. The smallest absolute Gasteiger partial charge is 0.227 e. The van der Waals surface area contributed by atoms with Gasteiger partial charge in [-0.1, -0.05) is 34.1 Å². The molecule has 0 fully saturated rings. The second-order valence-corrected chi connectivity index (χ2v) is 5.14. The number of allylic oxidation sites excluding steroid dienone is 1. The third kappa shape index (κ3) is 5.17. The fourth-order valence-electron chi connectivity index (χ4n) is 2.33. The molecular weight excluding hydrogens is 291 g/mol. The molecule has 0 radical (unpaired) electrons. The summed E-state index contributed by atoms with van der Waals surface area (Å²) in [6.45, 7) is 9.60. The van der Waals surface area contributed by atoms with Crippen LogP contribution in [-0.2, 0) is 0 Å². The molecule has 23 heavy (non-hydrogen) atoms. The quantitative estimate of drug-likeness (QED) is 0.762. The number of hydrogen-bond acceptors (Lipinski definition) is 4. The largest absolute Gasteiger partial charge is 0.332 e. The van der Waals surface area contributed by atoms with Crippen LogP contribution >= 0.6 is 0 Å². The summed E-state index contributed by atoms with van der Waals surface area (Å²) in [7, 11) is 0. The Morgan fingerprint density at radius 2 is 1.96 bits per heavy atom. The Labute approximate surface area is 138 Å². The van der Waals surface area contributed by atoms with Gasteiger partial charge in [-0.15, -0.1) is 0 Å². The Morgan fingerprint density at radius 3 is 2.61 bits per heavy atom. The van der Waals surface area contributed by atoms with E-state index in [-0.39, 0.29) is 5.83 Å². The molecule has 1 aromatic rings. The summed E-state index contributed by atoms with van der Waals surface area (Å²) >= 11 is 0. The predicted octanol–water partition coefficient (Wildman–Crippen LogP) is 4.55. The maximum absolute atomic E-state index is 13.2. The van der Waals surface area contributed by atoms with Crippen LogP contribution in [0.15, 0.2) is 35.3 Å². The number of aromatic nitrogens is 2. The van der Waals surface area contributed by atoms with Crippen LogP contribution in [-0.4, -0.2) is 23.1 Å². The van der Waals surface area contributed by atoms with Crippen LogP contribution < -0.4 is 4.90 Å². The number of halogens is 1. The number of nitriles is 1. The van der Waals surface area contributed by atoms with Gasteiger partial charge in [0.1, 0.15) is 17.6 Å². The molecule has 2 aliphatic rings. The van der Waals surface area contributed by atoms with Gasteiger partial charge in [-0.25, -0.2) is 14.4 Å². The van der Waals surface area contributed by atoms with E-state index in [0.29, 0.717) is 24.6 Å². The maximum Gasteiger partial charge on any atom is 0.227 e. The van der Waals surface area contributed by atoms with Gasteiger partial charge in [-0.2, -0.15) is 5.26 Å². The molecule has 1 aliphatic carbocycles. The molecule has 0 saturated heterocycles. The monoisotopic (exact) mass is 316 g/mol. The highest BCUT2D eigenvalue weighted by atomic mass is 19.1. The second-order valence-electron chi connectivity index (χ2n) is 5.14. The molecule has 0 spiro atoms. The summed E-state index contributed by atoms with van der Waals surface area (Å²) in [6, 6.07) is 3.57. The molecule has 0 N–H and O–H groups in total. The number of nitrogens with zero attached hydrogens (tertiary/aromatic N) is 4. The van der Waals surface area contributed by atoms with Crippen molar-refractivity contribution in [1.29, 1.82) is 5.26 Å². The maximum atomic E-state index is 13.2. The van der Waals surface area contributed by atoms with Gasteiger partial charge in [0.05, 0.1) is 0 Å². The summed E-state index contributed by atoms with van der Waals surface area (Å²) in [5.41, 5.74) is 2.64. The van der Waals surface area contributed by atoms with E-state index in [1.807, 2.05) is 24.8 Å². The number of rotatable bonds is 1.